The van der Waals surface area contributed by atoms with Gasteiger partial charge in [-0.1, -0.05) is 25.7 Å². The Morgan fingerprint density at radius 2 is 0.722 bits per heavy atom. The molecule has 4 aliphatic rings. The quantitative estimate of drug-likeness (QED) is 0.310. The Labute approximate surface area is 211 Å². The number of methoxy groups -OCH3 is 4. The van der Waals surface area contributed by atoms with Crippen molar-refractivity contribution in [2.45, 2.75) is 64.2 Å². The number of hydrogen-bond acceptors (Lipinski definition) is 8. The lowest BCUT2D eigenvalue weighted by atomic mass is 9.94. The number of carbonyl (C=O) groups excluding carboxylic acids is 4. The number of hydrogen-bond donors (Lipinski definition) is 0. The molecule has 0 aromatic rings. The summed E-state index contributed by atoms with van der Waals surface area (Å²) in [6.07, 6.45) is 8.59. The minimum Gasteiger partial charge on any atom is -0.489 e. The van der Waals surface area contributed by atoms with Gasteiger partial charge >= 0.3 is 0 Å². The molecule has 8 nitrogen and oxygen atoms in total. The Morgan fingerprint density at radius 3 is 0.944 bits per heavy atom. The second-order valence-corrected chi connectivity index (χ2v) is 9.90. The van der Waals surface area contributed by atoms with Crippen molar-refractivity contribution < 1.29 is 38.1 Å². The molecule has 0 bridgehead atoms. The largest absolute Gasteiger partial charge is 0.489 e. The molecule has 4 aliphatic carbocycles. The molecule has 0 atom stereocenters. The summed E-state index contributed by atoms with van der Waals surface area (Å²) in [4.78, 5) is 50.8. The highest BCUT2D eigenvalue weighted by Crippen LogP contribution is 2.43. The first kappa shape index (κ1) is 25.9. The van der Waals surface area contributed by atoms with Crippen molar-refractivity contribution in [3.05, 3.63) is 45.3 Å². The Bertz CT molecular complexity index is 952. The minimum absolute atomic E-state index is 0.0149. The van der Waals surface area contributed by atoms with Gasteiger partial charge in [0.25, 0.3) is 0 Å². The summed E-state index contributed by atoms with van der Waals surface area (Å²) in [6, 6.07) is 0. The normalized spacial score (nSPS) is 21.1. The summed E-state index contributed by atoms with van der Waals surface area (Å²) >= 11 is 0. The molecule has 36 heavy (non-hydrogen) atoms. The zero-order chi connectivity index (χ0) is 26.0. The molecule has 0 radical (unpaired) electrons. The molecule has 0 saturated heterocycles. The van der Waals surface area contributed by atoms with Crippen LogP contribution in [0.3, 0.4) is 0 Å². The molecule has 0 amide bonds. The third-order valence-electron chi connectivity index (χ3n) is 7.82. The highest BCUT2D eigenvalue weighted by molar-refractivity contribution is 6.24. The van der Waals surface area contributed by atoms with E-state index in [9.17, 15) is 19.2 Å². The number of unbranched alkanes of at least 4 members (excludes halogenated alkanes) is 3. The van der Waals surface area contributed by atoms with Gasteiger partial charge in [-0.3, -0.25) is 19.2 Å². The van der Waals surface area contributed by atoms with Gasteiger partial charge in [-0.15, -0.1) is 0 Å². The van der Waals surface area contributed by atoms with Crippen LogP contribution in [-0.4, -0.2) is 51.6 Å². The second-order valence-electron chi connectivity index (χ2n) is 9.90. The van der Waals surface area contributed by atoms with Gasteiger partial charge in [0.1, 0.15) is 0 Å². The minimum atomic E-state index is -0.221. The Balaban J connectivity index is 1.18. The van der Waals surface area contributed by atoms with Gasteiger partial charge in [-0.2, -0.15) is 0 Å². The van der Waals surface area contributed by atoms with Crippen LogP contribution in [0.25, 0.3) is 0 Å². The van der Waals surface area contributed by atoms with Crippen LogP contribution in [0.1, 0.15) is 64.2 Å². The molecule has 0 N–H and O–H groups in total. The van der Waals surface area contributed by atoms with Crippen LogP contribution in [0.15, 0.2) is 45.3 Å². The van der Waals surface area contributed by atoms with Gasteiger partial charge in [0.2, 0.25) is 46.2 Å². The van der Waals surface area contributed by atoms with E-state index in [0.29, 0.717) is 48.0 Å². The van der Waals surface area contributed by atoms with Gasteiger partial charge in [-0.25, -0.2) is 0 Å². The number of ether oxygens (including phenoxy) is 4. The zero-order valence-electron chi connectivity index (χ0n) is 21.5. The standard InChI is InChI=1S/C28H34O8/c1-33-25-21(29)17-11-15(12-18(17)22(30)26(25)34-2)9-7-5-6-8-10-16-13-19-20(14-16)24(32)28(36-4)27(35-3)23(19)31/h15-16H,5-14H2,1-4H3. The van der Waals surface area contributed by atoms with Crippen molar-refractivity contribution in [2.75, 3.05) is 28.4 Å². The maximum absolute atomic E-state index is 12.7. The molecular weight excluding hydrogens is 464 g/mol. The van der Waals surface area contributed by atoms with Crippen LogP contribution in [0, 0.1) is 11.8 Å². The molecule has 0 aliphatic heterocycles. The molecule has 0 saturated carbocycles. The highest BCUT2D eigenvalue weighted by atomic mass is 16.5. The highest BCUT2D eigenvalue weighted by Gasteiger charge is 2.42. The van der Waals surface area contributed by atoms with Crippen LogP contribution in [0.4, 0.5) is 0 Å². The summed E-state index contributed by atoms with van der Waals surface area (Å²) in [5.74, 6) is -0.244. The van der Waals surface area contributed by atoms with Crippen molar-refractivity contribution in [1.29, 1.82) is 0 Å². The van der Waals surface area contributed by atoms with E-state index in [1.165, 1.54) is 28.4 Å². The fraction of sp³-hybridized carbons (Fsp3) is 0.571. The smallest absolute Gasteiger partial charge is 0.228 e. The molecule has 4 rings (SSSR count). The first-order valence-electron chi connectivity index (χ1n) is 12.6. The molecule has 0 spiro atoms. The summed E-state index contributed by atoms with van der Waals surface area (Å²) in [6.45, 7) is 0. The summed E-state index contributed by atoms with van der Waals surface area (Å²) in [7, 11) is 5.53. The predicted molar refractivity (Wildman–Crippen MR) is 129 cm³/mol. The van der Waals surface area contributed by atoms with Gasteiger partial charge in [0.15, 0.2) is 0 Å². The molecule has 0 unspecified atom stereocenters. The van der Waals surface area contributed by atoms with E-state index in [4.69, 9.17) is 18.9 Å². The summed E-state index contributed by atoms with van der Waals surface area (Å²) in [5.41, 5.74) is 2.36. The third kappa shape index (κ3) is 4.53. The molecule has 0 aromatic carbocycles. The lowest BCUT2D eigenvalue weighted by molar-refractivity contribution is -0.121. The van der Waals surface area contributed by atoms with Crippen molar-refractivity contribution in [1.82, 2.24) is 0 Å². The van der Waals surface area contributed by atoms with E-state index in [-0.39, 0.29) is 58.0 Å². The van der Waals surface area contributed by atoms with Crippen LogP contribution in [0.2, 0.25) is 0 Å². The van der Waals surface area contributed by atoms with E-state index in [0.717, 1.165) is 38.5 Å². The van der Waals surface area contributed by atoms with Gasteiger partial charge in [-0.05, 0) is 50.4 Å². The van der Waals surface area contributed by atoms with Crippen LogP contribution in [0.5, 0.6) is 0 Å². The molecule has 194 valence electrons. The Morgan fingerprint density at radius 1 is 0.472 bits per heavy atom. The predicted octanol–water partition coefficient (Wildman–Crippen LogP) is 4.05. The number of Topliss-reactive ketones (excluding diaryl/α,β-unsaturated/α-hetero) is 4. The topological polar surface area (TPSA) is 105 Å². The van der Waals surface area contributed by atoms with Crippen molar-refractivity contribution in [3.63, 3.8) is 0 Å². The summed E-state index contributed by atoms with van der Waals surface area (Å²) < 4.78 is 20.6. The number of carbonyl (C=O) groups is 4. The molecule has 0 heterocycles. The monoisotopic (exact) mass is 498 g/mol. The van der Waals surface area contributed by atoms with Crippen LogP contribution in [-0.2, 0) is 38.1 Å². The fourth-order valence-electron chi connectivity index (χ4n) is 6.04. The van der Waals surface area contributed by atoms with Crippen molar-refractivity contribution in [3.8, 4) is 0 Å². The molecule has 0 fully saturated rings. The Kier molecular flexibility index (Phi) is 7.81. The maximum Gasteiger partial charge on any atom is 0.228 e. The van der Waals surface area contributed by atoms with Crippen LogP contribution >= 0.6 is 0 Å². The fourth-order valence-corrected chi connectivity index (χ4v) is 6.04. The lowest BCUT2D eigenvalue weighted by Gasteiger charge is -2.17. The Hall–Kier alpha value is -3.16. The van der Waals surface area contributed by atoms with E-state index in [2.05, 4.69) is 0 Å². The molecule has 8 heteroatoms. The van der Waals surface area contributed by atoms with Crippen molar-refractivity contribution >= 4 is 23.1 Å². The van der Waals surface area contributed by atoms with Gasteiger partial charge in [0.05, 0.1) is 28.4 Å². The summed E-state index contributed by atoms with van der Waals surface area (Å²) in [5, 5.41) is 0. The third-order valence-corrected chi connectivity index (χ3v) is 7.82. The average molecular weight is 499 g/mol. The number of rotatable bonds is 11. The van der Waals surface area contributed by atoms with Gasteiger partial charge in [0, 0.05) is 22.3 Å². The van der Waals surface area contributed by atoms with E-state index < -0.39 is 0 Å². The first-order valence-corrected chi connectivity index (χ1v) is 12.6. The number of ketones is 4. The lowest BCUT2D eigenvalue weighted by Crippen LogP contribution is -2.23. The molecular formula is C28H34O8. The average Bonchev–Trinajstić information content (AvgIpc) is 3.50. The van der Waals surface area contributed by atoms with Gasteiger partial charge < -0.3 is 18.9 Å². The van der Waals surface area contributed by atoms with Crippen molar-refractivity contribution in [2.24, 2.45) is 11.8 Å². The SMILES string of the molecule is COC1=C(OC)C(=O)C2=C(CC(CCCCCCC3CC4=C(C3)C(=O)C(OC)=C(OC)C4=O)C2)C1=O. The second kappa shape index (κ2) is 10.8. The van der Waals surface area contributed by atoms with E-state index >= 15 is 0 Å². The first-order chi connectivity index (χ1) is 17.4. The van der Waals surface area contributed by atoms with E-state index in [1.54, 1.807) is 0 Å². The molecule has 0 aromatic heterocycles. The van der Waals surface area contributed by atoms with E-state index in [1.807, 2.05) is 0 Å². The number of allylic oxidation sites excluding steroid dienone is 4. The maximum atomic E-state index is 12.7. The van der Waals surface area contributed by atoms with Crippen LogP contribution < -0.4 is 0 Å². The zero-order valence-corrected chi connectivity index (χ0v) is 21.5.